The molecule has 0 spiro atoms. The Morgan fingerprint density at radius 3 is 2.64 bits per heavy atom. The van der Waals surface area contributed by atoms with Gasteiger partial charge in [-0.05, 0) is 49.8 Å². The van der Waals surface area contributed by atoms with Crippen LogP contribution in [0.25, 0.3) is 6.08 Å². The molecule has 0 saturated carbocycles. The second kappa shape index (κ2) is 8.44. The van der Waals surface area contributed by atoms with Gasteiger partial charge in [0.2, 0.25) is 0 Å². The maximum absolute atomic E-state index is 13.6. The largest absolute Gasteiger partial charge is 0.449 e. The third-order valence-electron chi connectivity index (χ3n) is 3.33. The Bertz CT molecular complexity index is 800. The zero-order chi connectivity index (χ0) is 18.4. The van der Waals surface area contributed by atoms with E-state index in [4.69, 9.17) is 16.3 Å². The van der Waals surface area contributed by atoms with E-state index in [0.29, 0.717) is 5.69 Å². The normalized spacial score (nSPS) is 12.0. The molecule has 0 unspecified atom stereocenters. The Morgan fingerprint density at radius 1 is 1.24 bits per heavy atom. The average Bonchev–Trinajstić information content (AvgIpc) is 2.54. The smallest absolute Gasteiger partial charge is 0.331 e. The van der Waals surface area contributed by atoms with E-state index in [1.807, 2.05) is 19.1 Å². The summed E-state index contributed by atoms with van der Waals surface area (Å²) in [5.74, 6) is -1.79. The van der Waals surface area contributed by atoms with Crippen LogP contribution in [0.3, 0.4) is 0 Å². The van der Waals surface area contributed by atoms with Crippen molar-refractivity contribution < 1.29 is 18.7 Å². The second-order valence-electron chi connectivity index (χ2n) is 5.41. The van der Waals surface area contributed by atoms with Gasteiger partial charge in [-0.2, -0.15) is 0 Å². The lowest BCUT2D eigenvalue weighted by Gasteiger charge is -2.12. The summed E-state index contributed by atoms with van der Waals surface area (Å²) in [4.78, 5) is 23.9. The van der Waals surface area contributed by atoms with Gasteiger partial charge in [0, 0.05) is 17.3 Å². The first-order valence-corrected chi connectivity index (χ1v) is 7.95. The molecule has 6 heteroatoms. The second-order valence-corrected chi connectivity index (χ2v) is 5.81. The SMILES string of the molecule is Cc1cccc(NC(=O)[C@@H](C)OC(=O)/C=C/c2c(F)cccc2Cl)c1. The van der Waals surface area contributed by atoms with Gasteiger partial charge in [0.25, 0.3) is 5.91 Å². The molecule has 1 atom stereocenters. The first-order chi connectivity index (χ1) is 11.9. The molecule has 1 amide bonds. The van der Waals surface area contributed by atoms with Crippen LogP contribution in [-0.2, 0) is 14.3 Å². The van der Waals surface area contributed by atoms with Crippen molar-refractivity contribution in [2.24, 2.45) is 0 Å². The summed E-state index contributed by atoms with van der Waals surface area (Å²) in [5.41, 5.74) is 1.69. The highest BCUT2D eigenvalue weighted by molar-refractivity contribution is 6.32. The molecule has 0 aliphatic carbocycles. The predicted molar refractivity (Wildman–Crippen MR) is 95.8 cm³/mol. The van der Waals surface area contributed by atoms with Crippen molar-refractivity contribution in [3.8, 4) is 0 Å². The standard InChI is InChI=1S/C19H17ClFNO3/c1-12-5-3-6-14(11-12)22-19(24)13(2)25-18(23)10-9-15-16(20)7-4-8-17(15)21/h3-11,13H,1-2H3,(H,22,24)/b10-9+/t13-/m1/s1. The maximum Gasteiger partial charge on any atom is 0.331 e. The maximum atomic E-state index is 13.6. The Kier molecular flexibility index (Phi) is 6.31. The van der Waals surface area contributed by atoms with Crippen molar-refractivity contribution in [2.75, 3.05) is 5.32 Å². The minimum absolute atomic E-state index is 0.0815. The molecule has 2 aromatic carbocycles. The number of carbonyl (C=O) groups excluding carboxylic acids is 2. The van der Waals surface area contributed by atoms with Crippen LogP contribution in [-0.4, -0.2) is 18.0 Å². The van der Waals surface area contributed by atoms with Gasteiger partial charge < -0.3 is 10.1 Å². The summed E-state index contributed by atoms with van der Waals surface area (Å²) in [6.07, 6.45) is 1.24. The van der Waals surface area contributed by atoms with Gasteiger partial charge in [0.15, 0.2) is 6.10 Å². The first-order valence-electron chi connectivity index (χ1n) is 7.57. The Labute approximate surface area is 150 Å². The van der Waals surface area contributed by atoms with Gasteiger partial charge in [0.05, 0.1) is 5.02 Å². The number of rotatable bonds is 5. The first kappa shape index (κ1) is 18.7. The van der Waals surface area contributed by atoms with E-state index >= 15 is 0 Å². The van der Waals surface area contributed by atoms with Gasteiger partial charge in [-0.15, -0.1) is 0 Å². The zero-order valence-electron chi connectivity index (χ0n) is 13.8. The van der Waals surface area contributed by atoms with E-state index in [0.717, 1.165) is 11.6 Å². The highest BCUT2D eigenvalue weighted by Crippen LogP contribution is 2.20. The van der Waals surface area contributed by atoms with Crippen LogP contribution in [0.2, 0.25) is 5.02 Å². The number of hydrogen-bond donors (Lipinski definition) is 1. The number of esters is 1. The van der Waals surface area contributed by atoms with Crippen molar-refractivity contribution in [3.63, 3.8) is 0 Å². The molecule has 2 rings (SSSR count). The molecule has 0 bridgehead atoms. The lowest BCUT2D eigenvalue weighted by molar-refractivity contribution is -0.148. The molecule has 0 aromatic heterocycles. The quantitative estimate of drug-likeness (QED) is 0.635. The van der Waals surface area contributed by atoms with Crippen LogP contribution in [0, 0.1) is 12.7 Å². The highest BCUT2D eigenvalue weighted by atomic mass is 35.5. The van der Waals surface area contributed by atoms with Gasteiger partial charge in [-0.25, -0.2) is 9.18 Å². The van der Waals surface area contributed by atoms with Crippen molar-refractivity contribution in [1.82, 2.24) is 0 Å². The summed E-state index contributed by atoms with van der Waals surface area (Å²) in [5, 5.41) is 2.83. The number of aryl methyl sites for hydroxylation is 1. The molecule has 0 radical (unpaired) electrons. The molecule has 0 aliphatic rings. The molecule has 0 fully saturated rings. The average molecular weight is 362 g/mol. The molecule has 1 N–H and O–H groups in total. The summed E-state index contributed by atoms with van der Waals surface area (Å²) < 4.78 is 18.6. The summed E-state index contributed by atoms with van der Waals surface area (Å²) >= 11 is 5.86. The predicted octanol–water partition coefficient (Wildman–Crippen LogP) is 4.37. The van der Waals surface area contributed by atoms with Crippen molar-refractivity contribution in [1.29, 1.82) is 0 Å². The lowest BCUT2D eigenvalue weighted by atomic mass is 10.2. The van der Waals surface area contributed by atoms with Crippen LogP contribution < -0.4 is 5.32 Å². The number of nitrogens with one attached hydrogen (secondary N) is 1. The van der Waals surface area contributed by atoms with Gasteiger partial charge in [0.1, 0.15) is 5.82 Å². The fraction of sp³-hybridized carbons (Fsp3) is 0.158. The van der Waals surface area contributed by atoms with Crippen molar-refractivity contribution in [3.05, 3.63) is 70.5 Å². The van der Waals surface area contributed by atoms with Crippen molar-refractivity contribution in [2.45, 2.75) is 20.0 Å². The number of amides is 1. The van der Waals surface area contributed by atoms with E-state index in [9.17, 15) is 14.0 Å². The number of benzene rings is 2. The molecule has 0 saturated heterocycles. The third kappa shape index (κ3) is 5.43. The Morgan fingerprint density at radius 2 is 1.96 bits per heavy atom. The minimum Gasteiger partial charge on any atom is -0.449 e. The van der Waals surface area contributed by atoms with Gasteiger partial charge >= 0.3 is 5.97 Å². The van der Waals surface area contributed by atoms with E-state index in [1.165, 1.54) is 31.2 Å². The third-order valence-corrected chi connectivity index (χ3v) is 3.66. The van der Waals surface area contributed by atoms with E-state index in [-0.39, 0.29) is 10.6 Å². The minimum atomic E-state index is -1.01. The zero-order valence-corrected chi connectivity index (χ0v) is 14.5. The molecular weight excluding hydrogens is 345 g/mol. The van der Waals surface area contributed by atoms with Crippen molar-refractivity contribution >= 4 is 35.2 Å². The molecule has 0 heterocycles. The summed E-state index contributed by atoms with van der Waals surface area (Å²) in [6.45, 7) is 3.35. The van der Waals surface area contributed by atoms with E-state index < -0.39 is 23.8 Å². The number of hydrogen-bond acceptors (Lipinski definition) is 3. The summed E-state index contributed by atoms with van der Waals surface area (Å²) in [7, 11) is 0. The van der Waals surface area contributed by atoms with Crippen LogP contribution in [0.1, 0.15) is 18.1 Å². The molecule has 130 valence electrons. The van der Waals surface area contributed by atoms with Gasteiger partial charge in [-0.1, -0.05) is 29.8 Å². The number of halogens is 2. The lowest BCUT2D eigenvalue weighted by Crippen LogP contribution is -2.29. The monoisotopic (exact) mass is 361 g/mol. The Hall–Kier alpha value is -2.66. The fourth-order valence-corrected chi connectivity index (χ4v) is 2.28. The fourth-order valence-electron chi connectivity index (χ4n) is 2.06. The van der Waals surface area contributed by atoms with Gasteiger partial charge in [-0.3, -0.25) is 4.79 Å². The van der Waals surface area contributed by atoms with Crippen LogP contribution >= 0.6 is 11.6 Å². The highest BCUT2D eigenvalue weighted by Gasteiger charge is 2.17. The number of ether oxygens (including phenoxy) is 1. The molecule has 2 aromatic rings. The number of anilines is 1. The molecule has 0 aliphatic heterocycles. The van der Waals surface area contributed by atoms with E-state index in [2.05, 4.69) is 5.32 Å². The summed E-state index contributed by atoms with van der Waals surface area (Å²) in [6, 6.07) is 11.4. The van der Waals surface area contributed by atoms with Crippen LogP contribution in [0.15, 0.2) is 48.5 Å². The number of carbonyl (C=O) groups is 2. The molecule has 25 heavy (non-hydrogen) atoms. The van der Waals surface area contributed by atoms with Crippen LogP contribution in [0.5, 0.6) is 0 Å². The van der Waals surface area contributed by atoms with Crippen LogP contribution in [0.4, 0.5) is 10.1 Å². The topological polar surface area (TPSA) is 55.4 Å². The van der Waals surface area contributed by atoms with E-state index in [1.54, 1.807) is 12.1 Å². The Balaban J connectivity index is 1.95. The molecular formula is C19H17ClFNO3. The molecule has 4 nitrogen and oxygen atoms in total.